The van der Waals surface area contributed by atoms with Gasteiger partial charge in [-0.2, -0.15) is 0 Å². The molecule has 2 aromatic carbocycles. The normalized spacial score (nSPS) is 16.9. The molecule has 0 amide bonds. The third-order valence-electron chi connectivity index (χ3n) is 6.71. The monoisotopic (exact) mass is 543 g/mol. The first-order chi connectivity index (χ1) is 18.7. The Morgan fingerprint density at radius 1 is 0.949 bits per heavy atom. The Morgan fingerprint density at radius 2 is 1.59 bits per heavy atom. The molecule has 212 valence electrons. The van der Waals surface area contributed by atoms with Gasteiger partial charge in [-0.1, -0.05) is 18.2 Å². The fraction of sp³-hybridized carbons (Fsp3) is 0.429. The number of nitrogens with one attached hydrogen (secondary N) is 1. The van der Waals surface area contributed by atoms with Crippen molar-refractivity contribution in [2.24, 2.45) is 0 Å². The molecule has 2 heterocycles. The van der Waals surface area contributed by atoms with Crippen LogP contribution in [0, 0.1) is 5.82 Å². The van der Waals surface area contributed by atoms with E-state index in [4.69, 9.17) is 14.9 Å². The summed E-state index contributed by atoms with van der Waals surface area (Å²) in [6.45, 7) is 8.87. The lowest BCUT2D eigenvalue weighted by Crippen LogP contribution is -2.49. The molecule has 0 bridgehead atoms. The zero-order chi connectivity index (χ0) is 28.2. The number of likely N-dealkylation sites (N-methyl/N-ethyl adjacent to an activating group) is 1. The van der Waals surface area contributed by atoms with Crippen molar-refractivity contribution in [1.29, 1.82) is 0 Å². The zero-order valence-electron chi connectivity index (χ0n) is 22.6. The highest BCUT2D eigenvalue weighted by molar-refractivity contribution is 5.89. The van der Waals surface area contributed by atoms with Gasteiger partial charge in [0, 0.05) is 71.1 Å². The van der Waals surface area contributed by atoms with Gasteiger partial charge in [-0.15, -0.1) is 0 Å². The van der Waals surface area contributed by atoms with Crippen LogP contribution in [-0.4, -0.2) is 110 Å². The predicted molar refractivity (Wildman–Crippen MR) is 149 cm³/mol. The predicted octanol–water partition coefficient (Wildman–Crippen LogP) is 2.49. The highest BCUT2D eigenvalue weighted by Gasteiger charge is 2.20. The SMILES string of the molecule is COc1ccc(NN2CCN(CCc3ccccc3F)CC2)cc1N1CCN(C)CC1.O=C(O)/C=C/C(=O)O. The second-order valence-corrected chi connectivity index (χ2v) is 9.47. The Kier molecular flexibility index (Phi) is 11.5. The summed E-state index contributed by atoms with van der Waals surface area (Å²) in [6, 6.07) is 13.4. The fourth-order valence-corrected chi connectivity index (χ4v) is 4.44. The maximum absolute atomic E-state index is 13.8. The molecule has 0 aromatic heterocycles. The van der Waals surface area contributed by atoms with Crippen LogP contribution in [0.1, 0.15) is 5.56 Å². The molecule has 3 N–H and O–H groups in total. The molecular weight excluding hydrogens is 505 g/mol. The Morgan fingerprint density at radius 3 is 2.18 bits per heavy atom. The maximum Gasteiger partial charge on any atom is 0.328 e. The minimum atomic E-state index is -1.26. The number of carboxylic acids is 2. The molecule has 0 aliphatic carbocycles. The van der Waals surface area contributed by atoms with E-state index in [0.717, 1.165) is 88.0 Å². The van der Waals surface area contributed by atoms with Crippen LogP contribution in [0.4, 0.5) is 15.8 Å². The van der Waals surface area contributed by atoms with Crippen molar-refractivity contribution in [3.05, 3.63) is 66.0 Å². The van der Waals surface area contributed by atoms with E-state index in [1.165, 1.54) is 0 Å². The second kappa shape index (κ2) is 15.1. The van der Waals surface area contributed by atoms with E-state index in [0.29, 0.717) is 12.2 Å². The van der Waals surface area contributed by atoms with Gasteiger partial charge >= 0.3 is 11.9 Å². The van der Waals surface area contributed by atoms with Crippen LogP contribution in [0.2, 0.25) is 0 Å². The third-order valence-corrected chi connectivity index (χ3v) is 6.71. The zero-order valence-corrected chi connectivity index (χ0v) is 22.6. The summed E-state index contributed by atoms with van der Waals surface area (Å²) in [5.74, 6) is -1.69. The number of rotatable bonds is 9. The minimum absolute atomic E-state index is 0.0986. The molecule has 2 aliphatic rings. The number of piperazine rings is 2. The summed E-state index contributed by atoms with van der Waals surface area (Å²) in [4.78, 5) is 26.3. The molecule has 2 fully saturated rings. The van der Waals surface area contributed by atoms with Gasteiger partial charge in [-0.25, -0.2) is 19.0 Å². The number of hydrazine groups is 1. The first-order valence-electron chi connectivity index (χ1n) is 13.0. The fourth-order valence-electron chi connectivity index (χ4n) is 4.44. The molecule has 4 rings (SSSR count). The van der Waals surface area contributed by atoms with Crippen molar-refractivity contribution in [3.63, 3.8) is 0 Å². The Labute approximate surface area is 228 Å². The molecule has 0 atom stereocenters. The van der Waals surface area contributed by atoms with Gasteiger partial charge in [-0.05, 0) is 43.3 Å². The van der Waals surface area contributed by atoms with Gasteiger partial charge in [0.15, 0.2) is 0 Å². The van der Waals surface area contributed by atoms with E-state index in [-0.39, 0.29) is 5.82 Å². The lowest BCUT2D eigenvalue weighted by Gasteiger charge is -2.36. The number of halogens is 1. The average Bonchev–Trinajstić information content (AvgIpc) is 2.93. The van der Waals surface area contributed by atoms with Crippen LogP contribution < -0.4 is 15.1 Å². The van der Waals surface area contributed by atoms with Crippen LogP contribution in [0.3, 0.4) is 0 Å². The van der Waals surface area contributed by atoms with Crippen molar-refractivity contribution < 1.29 is 28.9 Å². The number of carboxylic acid groups (broad SMARTS) is 2. The quantitative estimate of drug-likeness (QED) is 0.408. The van der Waals surface area contributed by atoms with Crippen molar-refractivity contribution in [1.82, 2.24) is 14.8 Å². The molecule has 2 aromatic rings. The number of nitrogens with zero attached hydrogens (tertiary/aromatic N) is 4. The number of hydrogen-bond donors (Lipinski definition) is 3. The standard InChI is InChI=1S/C24H34FN5O.C4H4O4/c1-27-11-15-29(16-12-27)23-19-21(7-8-24(23)31-2)26-30-17-13-28(14-18-30)10-9-20-5-3-4-6-22(20)25;5-3(6)1-2-4(7)8/h3-8,19,26H,9-18H2,1-2H3;1-2H,(H,5,6)(H,7,8)/b;2-1+. The molecule has 39 heavy (non-hydrogen) atoms. The van der Waals surface area contributed by atoms with E-state index in [1.54, 1.807) is 19.2 Å². The van der Waals surface area contributed by atoms with E-state index in [1.807, 2.05) is 12.1 Å². The van der Waals surface area contributed by atoms with Crippen LogP contribution in [0.25, 0.3) is 0 Å². The largest absolute Gasteiger partial charge is 0.495 e. The highest BCUT2D eigenvalue weighted by atomic mass is 19.1. The number of methoxy groups -OCH3 is 1. The average molecular weight is 544 g/mol. The van der Waals surface area contributed by atoms with Crippen molar-refractivity contribution in [2.45, 2.75) is 6.42 Å². The Hall–Kier alpha value is -3.67. The van der Waals surface area contributed by atoms with Crippen molar-refractivity contribution in [3.8, 4) is 5.75 Å². The van der Waals surface area contributed by atoms with Gasteiger partial charge in [-0.3, -0.25) is 0 Å². The summed E-state index contributed by atoms with van der Waals surface area (Å²) in [5, 5.41) is 17.9. The number of anilines is 2. The molecular formula is C28H38FN5O5. The number of carbonyl (C=O) groups is 2. The molecule has 0 radical (unpaired) electrons. The van der Waals surface area contributed by atoms with Gasteiger partial charge in [0.25, 0.3) is 0 Å². The van der Waals surface area contributed by atoms with E-state index >= 15 is 0 Å². The lowest BCUT2D eigenvalue weighted by atomic mass is 10.1. The maximum atomic E-state index is 13.8. The first kappa shape index (κ1) is 29.9. The van der Waals surface area contributed by atoms with Gasteiger partial charge < -0.3 is 35.1 Å². The number of benzene rings is 2. The summed E-state index contributed by atoms with van der Waals surface area (Å²) < 4.78 is 19.5. The highest BCUT2D eigenvalue weighted by Crippen LogP contribution is 2.32. The first-order valence-corrected chi connectivity index (χ1v) is 13.0. The molecule has 10 nitrogen and oxygen atoms in total. The van der Waals surface area contributed by atoms with Crippen LogP contribution in [0.5, 0.6) is 5.75 Å². The van der Waals surface area contributed by atoms with Crippen LogP contribution in [0.15, 0.2) is 54.6 Å². The summed E-state index contributed by atoms with van der Waals surface area (Å²) in [6.07, 6.45) is 1.87. The van der Waals surface area contributed by atoms with E-state index in [9.17, 15) is 14.0 Å². The number of ether oxygens (including phenoxy) is 1. The number of aliphatic carboxylic acids is 2. The molecule has 0 unspecified atom stereocenters. The van der Waals surface area contributed by atoms with Crippen LogP contribution >= 0.6 is 0 Å². The Bertz CT molecular complexity index is 1100. The summed E-state index contributed by atoms with van der Waals surface area (Å²) >= 11 is 0. The smallest absolute Gasteiger partial charge is 0.328 e. The molecule has 2 aliphatic heterocycles. The molecule has 11 heteroatoms. The van der Waals surface area contributed by atoms with Gasteiger partial charge in [0.05, 0.1) is 18.5 Å². The second-order valence-electron chi connectivity index (χ2n) is 9.47. The third kappa shape index (κ3) is 9.86. The van der Waals surface area contributed by atoms with Crippen LogP contribution in [-0.2, 0) is 16.0 Å². The molecule has 2 saturated heterocycles. The van der Waals surface area contributed by atoms with E-state index in [2.05, 4.69) is 50.4 Å². The topological polar surface area (TPSA) is 109 Å². The lowest BCUT2D eigenvalue weighted by molar-refractivity contribution is -0.134. The number of hydrogen-bond acceptors (Lipinski definition) is 8. The molecule has 0 spiro atoms. The van der Waals surface area contributed by atoms with Crippen molar-refractivity contribution in [2.75, 3.05) is 83.4 Å². The molecule has 0 saturated carbocycles. The van der Waals surface area contributed by atoms with Gasteiger partial charge in [0.1, 0.15) is 11.6 Å². The minimum Gasteiger partial charge on any atom is -0.495 e. The van der Waals surface area contributed by atoms with Crippen molar-refractivity contribution >= 4 is 23.3 Å². The van der Waals surface area contributed by atoms with Gasteiger partial charge in [0.2, 0.25) is 0 Å². The Balaban J connectivity index is 0.000000459. The summed E-state index contributed by atoms with van der Waals surface area (Å²) in [5.41, 5.74) is 6.63. The van der Waals surface area contributed by atoms with E-state index < -0.39 is 11.9 Å². The summed E-state index contributed by atoms with van der Waals surface area (Å²) in [7, 11) is 3.91.